The number of ether oxygens (including phenoxy) is 1. The zero-order valence-corrected chi connectivity index (χ0v) is 43.5. The highest BCUT2D eigenvalue weighted by Crippen LogP contribution is 2.17. The fourth-order valence-electron chi connectivity index (χ4n) is 7.83. The van der Waals surface area contributed by atoms with Crippen LogP contribution < -0.4 is 5.32 Å². The lowest BCUT2D eigenvalue weighted by Crippen LogP contribution is -2.46. The second kappa shape index (κ2) is 53.5. The van der Waals surface area contributed by atoms with Crippen LogP contribution in [0.1, 0.15) is 239 Å². The van der Waals surface area contributed by atoms with E-state index in [1.54, 1.807) is 0 Å². The zero-order chi connectivity index (χ0) is 48.8. The van der Waals surface area contributed by atoms with E-state index in [1.165, 1.54) is 109 Å². The summed E-state index contributed by atoms with van der Waals surface area (Å²) in [6.45, 7) is 6.29. The first-order valence-electron chi connectivity index (χ1n) is 27.7. The molecule has 1 amide bonds. The highest BCUT2D eigenvalue weighted by atomic mass is 16.5. The topological polar surface area (TPSA) is 95.9 Å². The van der Waals surface area contributed by atoms with Crippen molar-refractivity contribution < 1.29 is 24.5 Å². The van der Waals surface area contributed by atoms with Gasteiger partial charge in [0.15, 0.2) is 0 Å². The van der Waals surface area contributed by atoms with E-state index in [0.29, 0.717) is 19.3 Å². The Labute approximate surface area is 413 Å². The average molecular weight is 930 g/mol. The minimum atomic E-state index is -0.819. The van der Waals surface area contributed by atoms with Crippen molar-refractivity contribution in [3.8, 4) is 0 Å². The number of rotatable bonds is 48. The molecule has 0 aliphatic rings. The third-order valence-electron chi connectivity index (χ3n) is 12.0. The lowest BCUT2D eigenvalue weighted by molar-refractivity contribution is -0.151. The van der Waals surface area contributed by atoms with Gasteiger partial charge in [0, 0.05) is 6.42 Å². The van der Waals surface area contributed by atoms with Gasteiger partial charge < -0.3 is 20.3 Å². The van der Waals surface area contributed by atoms with E-state index in [1.807, 2.05) is 60.8 Å². The van der Waals surface area contributed by atoms with Crippen molar-refractivity contribution in [2.45, 2.75) is 257 Å². The molecule has 3 N–H and O–H groups in total. The van der Waals surface area contributed by atoms with Crippen LogP contribution in [0.25, 0.3) is 0 Å². The van der Waals surface area contributed by atoms with E-state index >= 15 is 0 Å². The minimum Gasteiger partial charge on any atom is -0.462 e. The lowest BCUT2D eigenvalue weighted by Gasteiger charge is -2.24. The molecule has 6 nitrogen and oxygen atoms in total. The number of hydrogen-bond acceptors (Lipinski definition) is 5. The molecular weight excluding hydrogens is 827 g/mol. The first-order valence-corrected chi connectivity index (χ1v) is 27.7. The van der Waals surface area contributed by atoms with Crippen LogP contribution in [-0.2, 0) is 14.3 Å². The van der Waals surface area contributed by atoms with Crippen molar-refractivity contribution in [1.82, 2.24) is 5.32 Å². The molecule has 6 heteroatoms. The van der Waals surface area contributed by atoms with Crippen molar-refractivity contribution in [3.05, 3.63) is 109 Å². The Morgan fingerprint density at radius 2 is 0.881 bits per heavy atom. The zero-order valence-electron chi connectivity index (χ0n) is 43.5. The van der Waals surface area contributed by atoms with Crippen molar-refractivity contribution >= 4 is 11.9 Å². The fraction of sp³-hybridized carbons (Fsp3) is 0.672. The summed E-state index contributed by atoms with van der Waals surface area (Å²) in [6.07, 6.45) is 72.9. The Kier molecular flexibility index (Phi) is 50.7. The Bertz CT molecular complexity index is 1370. The summed E-state index contributed by atoms with van der Waals surface area (Å²) in [5.41, 5.74) is 0. The molecule has 0 rings (SSSR count). The molecule has 3 unspecified atom stereocenters. The van der Waals surface area contributed by atoms with E-state index < -0.39 is 18.2 Å². The maximum atomic E-state index is 13.2. The third-order valence-corrected chi connectivity index (χ3v) is 12.0. The number of nitrogens with one attached hydrogen (secondary N) is 1. The first-order chi connectivity index (χ1) is 33.0. The molecule has 0 aromatic rings. The predicted octanol–water partition coefficient (Wildman–Crippen LogP) is 17.1. The summed E-state index contributed by atoms with van der Waals surface area (Å²) < 4.78 is 5.90. The van der Waals surface area contributed by atoms with Crippen molar-refractivity contribution in [2.75, 3.05) is 6.61 Å². The number of allylic oxidation sites excluding steroid dienone is 18. The van der Waals surface area contributed by atoms with E-state index in [0.717, 1.165) is 83.5 Å². The van der Waals surface area contributed by atoms with Crippen molar-refractivity contribution in [3.63, 3.8) is 0 Å². The second-order valence-corrected chi connectivity index (χ2v) is 18.4. The summed E-state index contributed by atoms with van der Waals surface area (Å²) in [5.74, 6) is -0.581. The number of amides is 1. The molecule has 0 aromatic carbocycles. The van der Waals surface area contributed by atoms with Crippen LogP contribution in [0, 0.1) is 0 Å². The molecule has 0 aromatic heterocycles. The third kappa shape index (κ3) is 48.8. The quantitative estimate of drug-likeness (QED) is 0.0244. The van der Waals surface area contributed by atoms with Gasteiger partial charge in [0.05, 0.1) is 25.2 Å². The predicted molar refractivity (Wildman–Crippen MR) is 291 cm³/mol. The maximum absolute atomic E-state index is 13.2. The van der Waals surface area contributed by atoms with E-state index in [2.05, 4.69) is 74.7 Å². The van der Waals surface area contributed by atoms with Crippen LogP contribution in [-0.4, -0.2) is 46.9 Å². The van der Waals surface area contributed by atoms with E-state index in [-0.39, 0.29) is 24.9 Å². The van der Waals surface area contributed by atoms with Gasteiger partial charge in [-0.3, -0.25) is 9.59 Å². The largest absolute Gasteiger partial charge is 0.462 e. The van der Waals surface area contributed by atoms with Crippen molar-refractivity contribution in [2.24, 2.45) is 0 Å². The van der Waals surface area contributed by atoms with Gasteiger partial charge in [-0.2, -0.15) is 0 Å². The van der Waals surface area contributed by atoms with Gasteiger partial charge in [0.25, 0.3) is 0 Å². The standard InChI is InChI=1S/C61H103NO5/c1-4-7-10-13-16-19-22-25-28-30-33-36-39-42-45-48-51-54-61(66)67-57(52-49-46-43-40-37-34-31-27-24-21-18-15-12-9-6-3)55-60(65)62-58(56-63)59(64)53-50-47-44-41-38-35-32-29-26-23-20-17-14-11-8-5-2/h9,12,15-16,18-19,21,24-25,27-28,31,33-34,36-37,40,43,57-59,63-64H,4-8,10-11,13-14,17,20,22-23,26,29-30,32,35,38-39,41-42,44-56H2,1-3H3,(H,62,65)/b12-9-,18-15+,19-16-,24-21+,28-25-,31-27-,36-33-,37-34+,43-40+. The molecule has 382 valence electrons. The fourth-order valence-corrected chi connectivity index (χ4v) is 7.83. The summed E-state index contributed by atoms with van der Waals surface area (Å²) in [4.78, 5) is 26.2. The highest BCUT2D eigenvalue weighted by molar-refractivity contribution is 5.77. The molecular formula is C61H103NO5. The summed E-state index contributed by atoms with van der Waals surface area (Å²) in [7, 11) is 0. The Hall–Kier alpha value is -3.48. The molecule has 0 saturated heterocycles. The van der Waals surface area contributed by atoms with Crippen LogP contribution in [0.15, 0.2) is 109 Å². The molecule has 0 aliphatic heterocycles. The molecule has 0 spiro atoms. The normalized spacial score (nSPS) is 14.0. The average Bonchev–Trinajstić information content (AvgIpc) is 3.32. The van der Waals surface area contributed by atoms with E-state index in [4.69, 9.17) is 4.74 Å². The van der Waals surface area contributed by atoms with Crippen LogP contribution in [0.3, 0.4) is 0 Å². The number of unbranched alkanes of at least 4 members (excludes halogenated alkanes) is 23. The molecule has 3 atom stereocenters. The van der Waals surface area contributed by atoms with Gasteiger partial charge in [-0.25, -0.2) is 0 Å². The SMILES string of the molecule is CC\C=C/C=C/C=C/C=C\C=C\C=C\CCCC(CC(=O)NC(CO)C(O)CCCCCCCCCCCCCCCCCC)OC(=O)CCCCCC/C=C\C/C=C\C/C=C\CCCCC. The van der Waals surface area contributed by atoms with Crippen LogP contribution in [0.2, 0.25) is 0 Å². The van der Waals surface area contributed by atoms with E-state index in [9.17, 15) is 19.8 Å². The van der Waals surface area contributed by atoms with Crippen molar-refractivity contribution in [1.29, 1.82) is 0 Å². The molecule has 0 fully saturated rings. The maximum Gasteiger partial charge on any atom is 0.306 e. The molecule has 0 radical (unpaired) electrons. The smallest absolute Gasteiger partial charge is 0.306 e. The monoisotopic (exact) mass is 930 g/mol. The summed E-state index contributed by atoms with van der Waals surface area (Å²) in [5, 5.41) is 23.8. The second-order valence-electron chi connectivity index (χ2n) is 18.4. The number of carbonyl (C=O) groups is 2. The Morgan fingerprint density at radius 3 is 1.40 bits per heavy atom. The van der Waals surface area contributed by atoms with Gasteiger partial charge in [0.1, 0.15) is 6.10 Å². The van der Waals surface area contributed by atoms with Gasteiger partial charge in [-0.05, 0) is 77.0 Å². The highest BCUT2D eigenvalue weighted by Gasteiger charge is 2.24. The number of carbonyl (C=O) groups excluding carboxylic acids is 2. The Morgan fingerprint density at radius 1 is 0.463 bits per heavy atom. The van der Waals surface area contributed by atoms with Crippen LogP contribution in [0.4, 0.5) is 0 Å². The molecule has 0 bridgehead atoms. The molecule has 67 heavy (non-hydrogen) atoms. The number of hydrogen-bond donors (Lipinski definition) is 3. The number of esters is 1. The Balaban J connectivity index is 4.73. The number of aliphatic hydroxyl groups excluding tert-OH is 2. The number of aliphatic hydroxyl groups is 2. The van der Waals surface area contributed by atoms with Gasteiger partial charge >= 0.3 is 5.97 Å². The van der Waals surface area contributed by atoms with Gasteiger partial charge in [0.2, 0.25) is 5.91 Å². The summed E-state index contributed by atoms with van der Waals surface area (Å²) >= 11 is 0. The first kappa shape index (κ1) is 63.5. The van der Waals surface area contributed by atoms with Crippen LogP contribution in [0.5, 0.6) is 0 Å². The van der Waals surface area contributed by atoms with Crippen LogP contribution >= 0.6 is 0 Å². The van der Waals surface area contributed by atoms with Gasteiger partial charge in [-0.15, -0.1) is 0 Å². The molecule has 0 saturated carbocycles. The minimum absolute atomic E-state index is 0.0112. The molecule has 0 aliphatic carbocycles. The molecule has 0 heterocycles. The summed E-state index contributed by atoms with van der Waals surface area (Å²) in [6, 6.07) is -0.738. The lowest BCUT2D eigenvalue weighted by atomic mass is 10.0. The van der Waals surface area contributed by atoms with Gasteiger partial charge in [-0.1, -0.05) is 259 Å².